The molecule has 2 saturated heterocycles. The Morgan fingerprint density at radius 3 is 2.93 bits per heavy atom. The summed E-state index contributed by atoms with van der Waals surface area (Å²) >= 11 is 0. The van der Waals surface area contributed by atoms with E-state index in [-0.39, 0.29) is 11.4 Å². The lowest BCUT2D eigenvalue weighted by molar-refractivity contribution is -0.103. The molecule has 0 aliphatic carbocycles. The quantitative estimate of drug-likeness (QED) is 0.729. The molecule has 0 saturated carbocycles. The number of ether oxygens (including phenoxy) is 2. The van der Waals surface area contributed by atoms with Gasteiger partial charge in [-0.05, 0) is 37.1 Å². The Morgan fingerprint density at radius 1 is 1.21 bits per heavy atom. The van der Waals surface area contributed by atoms with Gasteiger partial charge >= 0.3 is 0 Å². The molecule has 152 valence electrons. The second-order valence-electron chi connectivity index (χ2n) is 7.85. The van der Waals surface area contributed by atoms with Gasteiger partial charge in [-0.2, -0.15) is 5.10 Å². The first-order valence-corrected chi connectivity index (χ1v) is 10.0. The fourth-order valence-corrected chi connectivity index (χ4v) is 4.35. The zero-order chi connectivity index (χ0) is 19.4. The predicted molar refractivity (Wildman–Crippen MR) is 105 cm³/mol. The topological polar surface area (TPSA) is 42.8 Å². The molecule has 1 spiro atoms. The molecule has 7 heteroatoms. The molecule has 1 aromatic heterocycles. The maximum Gasteiger partial charge on any atom is 0.127 e. The van der Waals surface area contributed by atoms with Crippen LogP contribution >= 0.6 is 0 Å². The fourth-order valence-electron chi connectivity index (χ4n) is 4.35. The van der Waals surface area contributed by atoms with Crippen LogP contribution in [-0.2, 0) is 17.8 Å². The van der Waals surface area contributed by atoms with Gasteiger partial charge < -0.3 is 14.4 Å². The Balaban J connectivity index is 1.31. The average Bonchev–Trinajstić information content (AvgIpc) is 3.34. The third-order valence-corrected chi connectivity index (χ3v) is 5.79. The van der Waals surface area contributed by atoms with E-state index < -0.39 is 0 Å². The number of hydrogen-bond acceptors (Lipinski definition) is 5. The van der Waals surface area contributed by atoms with Crippen molar-refractivity contribution in [3.8, 4) is 5.75 Å². The van der Waals surface area contributed by atoms with Crippen molar-refractivity contribution < 1.29 is 13.9 Å². The van der Waals surface area contributed by atoms with Crippen molar-refractivity contribution in [3.63, 3.8) is 0 Å². The van der Waals surface area contributed by atoms with Gasteiger partial charge in [0.25, 0.3) is 0 Å². The van der Waals surface area contributed by atoms with Crippen molar-refractivity contribution in [2.45, 2.75) is 31.5 Å². The van der Waals surface area contributed by atoms with Gasteiger partial charge in [-0.3, -0.25) is 9.58 Å². The lowest BCUT2D eigenvalue weighted by Gasteiger charge is -2.40. The molecule has 0 N–H and O–H groups in total. The summed E-state index contributed by atoms with van der Waals surface area (Å²) in [6.07, 6.45) is 5.94. The van der Waals surface area contributed by atoms with Gasteiger partial charge in [-0.25, -0.2) is 4.39 Å². The maximum absolute atomic E-state index is 14.2. The smallest absolute Gasteiger partial charge is 0.127 e. The SMILES string of the molecule is COc1ccc(F)c(CN2CCOC3(CCN(CCCn4cccn4)C3)C2)c1. The van der Waals surface area contributed by atoms with Crippen molar-refractivity contribution in [1.29, 1.82) is 0 Å². The van der Waals surface area contributed by atoms with Crippen LogP contribution < -0.4 is 4.74 Å². The molecule has 1 atom stereocenters. The van der Waals surface area contributed by atoms with Crippen LogP contribution in [0, 0.1) is 5.82 Å². The van der Waals surface area contributed by atoms with E-state index in [0.717, 1.165) is 52.1 Å². The summed E-state index contributed by atoms with van der Waals surface area (Å²) in [6, 6.07) is 6.91. The molecule has 1 aromatic carbocycles. The lowest BCUT2D eigenvalue weighted by Crippen LogP contribution is -2.53. The lowest BCUT2D eigenvalue weighted by atomic mass is 10.00. The number of likely N-dealkylation sites (tertiary alicyclic amines) is 1. The van der Waals surface area contributed by atoms with E-state index in [4.69, 9.17) is 9.47 Å². The minimum Gasteiger partial charge on any atom is -0.497 e. The summed E-state index contributed by atoms with van der Waals surface area (Å²) in [6.45, 7) is 6.97. The number of morpholine rings is 1. The van der Waals surface area contributed by atoms with Gasteiger partial charge in [-0.1, -0.05) is 0 Å². The van der Waals surface area contributed by atoms with Crippen LogP contribution in [0.5, 0.6) is 5.75 Å². The van der Waals surface area contributed by atoms with E-state index >= 15 is 0 Å². The van der Waals surface area contributed by atoms with Crippen LogP contribution in [0.15, 0.2) is 36.7 Å². The van der Waals surface area contributed by atoms with Crippen molar-refractivity contribution >= 4 is 0 Å². The van der Waals surface area contributed by atoms with Gasteiger partial charge in [-0.15, -0.1) is 0 Å². The Labute approximate surface area is 165 Å². The second kappa shape index (κ2) is 8.59. The van der Waals surface area contributed by atoms with Gasteiger partial charge in [0.15, 0.2) is 0 Å². The number of rotatable bonds is 7. The molecule has 2 aliphatic rings. The number of benzene rings is 1. The standard InChI is InChI=1S/C21H29FN4O2/c1-27-19-4-5-20(22)18(14-19)15-25-12-13-28-21(17-25)6-11-24(16-21)8-3-10-26-9-2-7-23-26/h2,4-5,7,9,14H,3,6,8,10-13,15-17H2,1H3. The minimum atomic E-state index is -0.173. The third-order valence-electron chi connectivity index (χ3n) is 5.79. The van der Waals surface area contributed by atoms with Crippen LogP contribution in [-0.4, -0.2) is 71.6 Å². The van der Waals surface area contributed by atoms with Crippen LogP contribution in [0.2, 0.25) is 0 Å². The van der Waals surface area contributed by atoms with Gasteiger partial charge in [0, 0.05) is 63.8 Å². The number of methoxy groups -OCH3 is 1. The maximum atomic E-state index is 14.2. The highest BCUT2D eigenvalue weighted by Crippen LogP contribution is 2.30. The second-order valence-corrected chi connectivity index (χ2v) is 7.85. The van der Waals surface area contributed by atoms with Crippen molar-refractivity contribution in [2.75, 3.05) is 46.4 Å². The Bertz CT molecular complexity index is 770. The summed E-state index contributed by atoms with van der Waals surface area (Å²) in [5, 5.41) is 4.26. The Kier molecular flexibility index (Phi) is 5.94. The van der Waals surface area contributed by atoms with Crippen LogP contribution in [0.3, 0.4) is 0 Å². The highest BCUT2D eigenvalue weighted by Gasteiger charge is 2.42. The van der Waals surface area contributed by atoms with Crippen molar-refractivity contribution in [2.24, 2.45) is 0 Å². The minimum absolute atomic E-state index is 0.126. The number of aryl methyl sites for hydroxylation is 1. The molecule has 2 fully saturated rings. The molecule has 2 aromatic rings. The first kappa shape index (κ1) is 19.4. The third kappa shape index (κ3) is 4.54. The zero-order valence-corrected chi connectivity index (χ0v) is 16.5. The van der Waals surface area contributed by atoms with E-state index in [0.29, 0.717) is 24.5 Å². The summed E-state index contributed by atoms with van der Waals surface area (Å²) < 4.78 is 27.7. The number of halogens is 1. The molecular weight excluding hydrogens is 359 g/mol. The van der Waals surface area contributed by atoms with Gasteiger partial charge in [0.2, 0.25) is 0 Å². The zero-order valence-electron chi connectivity index (χ0n) is 16.5. The first-order valence-electron chi connectivity index (χ1n) is 10.0. The molecule has 3 heterocycles. The largest absolute Gasteiger partial charge is 0.497 e. The Hall–Kier alpha value is -1.96. The van der Waals surface area contributed by atoms with E-state index in [1.807, 2.05) is 23.1 Å². The van der Waals surface area contributed by atoms with Crippen LogP contribution in [0.4, 0.5) is 4.39 Å². The molecule has 0 amide bonds. The molecule has 6 nitrogen and oxygen atoms in total. The summed E-state index contributed by atoms with van der Waals surface area (Å²) in [5.74, 6) is 0.525. The highest BCUT2D eigenvalue weighted by molar-refractivity contribution is 5.29. The van der Waals surface area contributed by atoms with Crippen molar-refractivity contribution in [1.82, 2.24) is 19.6 Å². The highest BCUT2D eigenvalue weighted by atomic mass is 19.1. The number of nitrogens with zero attached hydrogens (tertiary/aromatic N) is 4. The normalized spacial score (nSPS) is 23.5. The molecule has 0 radical (unpaired) electrons. The fraction of sp³-hybridized carbons (Fsp3) is 0.571. The average molecular weight is 388 g/mol. The predicted octanol–water partition coefficient (Wildman–Crippen LogP) is 2.40. The molecular formula is C21H29FN4O2. The molecule has 28 heavy (non-hydrogen) atoms. The molecule has 2 aliphatic heterocycles. The Morgan fingerprint density at radius 2 is 2.11 bits per heavy atom. The monoisotopic (exact) mass is 388 g/mol. The van der Waals surface area contributed by atoms with E-state index in [9.17, 15) is 4.39 Å². The van der Waals surface area contributed by atoms with Crippen molar-refractivity contribution in [3.05, 3.63) is 48.0 Å². The number of aromatic nitrogens is 2. The van der Waals surface area contributed by atoms with Gasteiger partial charge in [0.1, 0.15) is 11.6 Å². The van der Waals surface area contributed by atoms with E-state index in [1.54, 1.807) is 19.2 Å². The van der Waals surface area contributed by atoms with E-state index in [2.05, 4.69) is 14.9 Å². The summed E-state index contributed by atoms with van der Waals surface area (Å²) in [5.41, 5.74) is 0.560. The summed E-state index contributed by atoms with van der Waals surface area (Å²) in [4.78, 5) is 4.80. The first-order chi connectivity index (χ1) is 13.7. The molecule has 4 rings (SSSR count). The molecule has 0 bridgehead atoms. The van der Waals surface area contributed by atoms with Crippen LogP contribution in [0.25, 0.3) is 0 Å². The summed E-state index contributed by atoms with van der Waals surface area (Å²) in [7, 11) is 1.61. The molecule has 1 unspecified atom stereocenters. The van der Waals surface area contributed by atoms with Gasteiger partial charge in [0.05, 0.1) is 19.3 Å². The number of hydrogen-bond donors (Lipinski definition) is 0. The van der Waals surface area contributed by atoms with Crippen LogP contribution in [0.1, 0.15) is 18.4 Å². The van der Waals surface area contributed by atoms with E-state index in [1.165, 1.54) is 6.07 Å².